The summed E-state index contributed by atoms with van der Waals surface area (Å²) in [5.41, 5.74) is 1.08. The molecule has 0 aromatic heterocycles. The van der Waals surface area contributed by atoms with E-state index in [0.29, 0.717) is 12.5 Å². The predicted octanol–water partition coefficient (Wildman–Crippen LogP) is 2.49. The zero-order valence-corrected chi connectivity index (χ0v) is 14.0. The molecule has 1 heterocycles. The van der Waals surface area contributed by atoms with Crippen LogP contribution < -0.4 is 9.92 Å². The highest BCUT2D eigenvalue weighted by Crippen LogP contribution is 2.41. The summed E-state index contributed by atoms with van der Waals surface area (Å²) in [6, 6.07) is 6.16. The largest absolute Gasteiger partial charge is 0.462 e. The van der Waals surface area contributed by atoms with Crippen molar-refractivity contribution in [1.29, 1.82) is 0 Å². The smallest absolute Gasteiger partial charge is 0.423 e. The Morgan fingerprint density at radius 1 is 1.19 bits per heavy atom. The second kappa shape index (κ2) is 6.08. The first-order chi connectivity index (χ1) is 10.2. The van der Waals surface area contributed by atoms with Crippen LogP contribution in [-0.2, 0) is 20.2 Å². The zero-order valence-electron chi connectivity index (χ0n) is 13.0. The van der Waals surface area contributed by atoms with Crippen LogP contribution in [0.5, 0.6) is 5.75 Å². The molecule has 1 aliphatic heterocycles. The molecule has 1 fully saturated rings. The molecular weight excluding hydrogens is 284 g/mol. The van der Waals surface area contributed by atoms with Gasteiger partial charge in [-0.2, -0.15) is 0 Å². The summed E-state index contributed by atoms with van der Waals surface area (Å²) >= 11 is 0. The minimum Gasteiger partial charge on any atom is -0.462 e. The van der Waals surface area contributed by atoms with Crippen LogP contribution in [-0.4, -0.2) is 29.3 Å². The van der Waals surface area contributed by atoms with Gasteiger partial charge in [-0.05, 0) is 30.2 Å². The standard InChI is InChI=1S/C16H23O4Si/c1-16(13-6-4-5-7-13)19-11-12-10-14(21(17-2)18-3)8-9-15(12)20-16/h8-10,13H,4-7,11H2,1-3H3. The number of fused-ring (bicyclic) bond motifs is 1. The lowest BCUT2D eigenvalue weighted by Crippen LogP contribution is -2.45. The first kappa shape index (κ1) is 15.0. The second-order valence-corrected chi connectivity index (χ2v) is 7.88. The molecule has 1 radical (unpaired) electrons. The molecule has 0 bridgehead atoms. The summed E-state index contributed by atoms with van der Waals surface area (Å²) in [6.45, 7) is 2.68. The maximum absolute atomic E-state index is 6.21. The fourth-order valence-corrected chi connectivity index (χ4v) is 4.51. The number of hydrogen-bond acceptors (Lipinski definition) is 4. The first-order valence-electron chi connectivity index (χ1n) is 7.57. The van der Waals surface area contributed by atoms with E-state index in [1.807, 2.05) is 12.1 Å². The molecule has 2 aliphatic rings. The van der Waals surface area contributed by atoms with Crippen molar-refractivity contribution in [2.75, 3.05) is 14.2 Å². The number of hydrogen-bond donors (Lipinski definition) is 0. The van der Waals surface area contributed by atoms with Gasteiger partial charge in [0.2, 0.25) is 5.79 Å². The number of benzene rings is 1. The molecule has 1 aromatic carbocycles. The van der Waals surface area contributed by atoms with Crippen LogP contribution in [0.3, 0.4) is 0 Å². The summed E-state index contributed by atoms with van der Waals surface area (Å²) in [7, 11) is 1.98. The van der Waals surface area contributed by atoms with E-state index in [-0.39, 0.29) is 0 Å². The Bertz CT molecular complexity index is 497. The van der Waals surface area contributed by atoms with Crippen LogP contribution in [0.4, 0.5) is 0 Å². The molecule has 1 unspecified atom stereocenters. The molecule has 1 aliphatic carbocycles. The Morgan fingerprint density at radius 2 is 1.90 bits per heavy atom. The summed E-state index contributed by atoms with van der Waals surface area (Å²) in [5.74, 6) is 0.970. The van der Waals surface area contributed by atoms with Crippen LogP contribution in [0.1, 0.15) is 38.2 Å². The summed E-state index contributed by atoms with van der Waals surface area (Å²) in [6.07, 6.45) is 4.97. The third kappa shape index (κ3) is 2.88. The van der Waals surface area contributed by atoms with Crippen LogP contribution >= 0.6 is 0 Å². The van der Waals surface area contributed by atoms with E-state index < -0.39 is 15.1 Å². The fraction of sp³-hybridized carbons (Fsp3) is 0.625. The van der Waals surface area contributed by atoms with E-state index in [1.165, 1.54) is 25.7 Å². The summed E-state index contributed by atoms with van der Waals surface area (Å²) in [5, 5.41) is 1.08. The average Bonchev–Trinajstić information content (AvgIpc) is 3.04. The Morgan fingerprint density at radius 3 is 2.57 bits per heavy atom. The Kier molecular flexibility index (Phi) is 4.35. The molecule has 0 saturated heterocycles. The minimum atomic E-state index is -1.39. The quantitative estimate of drug-likeness (QED) is 0.801. The fourth-order valence-electron chi connectivity index (χ4n) is 3.36. The maximum atomic E-state index is 6.21. The Balaban J connectivity index is 1.81. The van der Waals surface area contributed by atoms with Crippen LogP contribution in [0.25, 0.3) is 0 Å². The lowest BCUT2D eigenvalue weighted by molar-refractivity contribution is -0.224. The van der Waals surface area contributed by atoms with Crippen molar-refractivity contribution in [3.63, 3.8) is 0 Å². The SMILES string of the molecule is CO[Si](OC)c1ccc2c(c1)COC(C)(C1CCCC1)O2. The molecule has 1 atom stereocenters. The highest BCUT2D eigenvalue weighted by molar-refractivity contribution is 6.61. The van der Waals surface area contributed by atoms with Gasteiger partial charge in [0.05, 0.1) is 6.61 Å². The van der Waals surface area contributed by atoms with Gasteiger partial charge in [-0.25, -0.2) is 0 Å². The number of ether oxygens (including phenoxy) is 2. The van der Waals surface area contributed by atoms with Gasteiger partial charge in [-0.1, -0.05) is 18.9 Å². The van der Waals surface area contributed by atoms with Crippen molar-refractivity contribution >= 4 is 14.5 Å². The highest BCUT2D eigenvalue weighted by atomic mass is 28.3. The van der Waals surface area contributed by atoms with Crippen LogP contribution in [0.15, 0.2) is 18.2 Å². The Hall–Kier alpha value is -0.883. The van der Waals surface area contributed by atoms with Gasteiger partial charge in [0.15, 0.2) is 0 Å². The molecule has 1 aromatic rings. The molecule has 115 valence electrons. The molecular formula is C16H23O4Si. The molecule has 0 amide bonds. The minimum absolute atomic E-state index is 0.471. The van der Waals surface area contributed by atoms with Crippen molar-refractivity contribution in [1.82, 2.24) is 0 Å². The van der Waals surface area contributed by atoms with Crippen molar-refractivity contribution in [2.45, 2.75) is 45.0 Å². The van der Waals surface area contributed by atoms with Gasteiger partial charge in [0, 0.05) is 32.6 Å². The molecule has 0 spiro atoms. The van der Waals surface area contributed by atoms with E-state index >= 15 is 0 Å². The highest BCUT2D eigenvalue weighted by Gasteiger charge is 2.42. The molecule has 1 saturated carbocycles. The maximum Gasteiger partial charge on any atom is 0.423 e. The van der Waals surface area contributed by atoms with Gasteiger partial charge in [0.25, 0.3) is 0 Å². The normalized spacial score (nSPS) is 25.9. The van der Waals surface area contributed by atoms with Gasteiger partial charge >= 0.3 is 9.28 Å². The van der Waals surface area contributed by atoms with Crippen molar-refractivity contribution < 1.29 is 18.3 Å². The summed E-state index contributed by atoms with van der Waals surface area (Å²) in [4.78, 5) is 0. The van der Waals surface area contributed by atoms with Gasteiger partial charge < -0.3 is 18.3 Å². The van der Waals surface area contributed by atoms with E-state index in [1.54, 1.807) is 14.2 Å². The van der Waals surface area contributed by atoms with E-state index in [2.05, 4.69) is 13.0 Å². The molecule has 5 heteroatoms. The lowest BCUT2D eigenvalue weighted by atomic mass is 9.97. The number of rotatable bonds is 4. The Labute approximate surface area is 128 Å². The first-order valence-corrected chi connectivity index (χ1v) is 8.89. The van der Waals surface area contributed by atoms with Gasteiger partial charge in [0.1, 0.15) is 5.75 Å². The predicted molar refractivity (Wildman–Crippen MR) is 81.6 cm³/mol. The van der Waals surface area contributed by atoms with Gasteiger partial charge in [-0.3, -0.25) is 0 Å². The van der Waals surface area contributed by atoms with Crippen LogP contribution in [0, 0.1) is 5.92 Å². The second-order valence-electron chi connectivity index (χ2n) is 5.91. The molecule has 4 nitrogen and oxygen atoms in total. The lowest BCUT2D eigenvalue weighted by Gasteiger charge is -2.40. The third-order valence-corrected chi connectivity index (χ3v) is 6.11. The monoisotopic (exact) mass is 307 g/mol. The zero-order chi connectivity index (χ0) is 14.9. The van der Waals surface area contributed by atoms with E-state index in [9.17, 15) is 0 Å². The van der Waals surface area contributed by atoms with Crippen LogP contribution in [0.2, 0.25) is 0 Å². The molecule has 0 N–H and O–H groups in total. The molecule has 3 rings (SSSR count). The van der Waals surface area contributed by atoms with E-state index in [0.717, 1.165) is 16.5 Å². The van der Waals surface area contributed by atoms with Crippen molar-refractivity contribution in [3.05, 3.63) is 23.8 Å². The van der Waals surface area contributed by atoms with Crippen molar-refractivity contribution in [3.8, 4) is 5.75 Å². The van der Waals surface area contributed by atoms with E-state index in [4.69, 9.17) is 18.3 Å². The summed E-state index contributed by atoms with van der Waals surface area (Å²) < 4.78 is 23.1. The van der Waals surface area contributed by atoms with Gasteiger partial charge in [-0.15, -0.1) is 0 Å². The van der Waals surface area contributed by atoms with Crippen molar-refractivity contribution in [2.24, 2.45) is 5.92 Å². The molecule has 21 heavy (non-hydrogen) atoms. The topological polar surface area (TPSA) is 36.9 Å². The third-order valence-electron chi connectivity index (χ3n) is 4.59. The average molecular weight is 307 g/mol.